The van der Waals surface area contributed by atoms with Gasteiger partial charge in [0.15, 0.2) is 0 Å². The maximum Gasteiger partial charge on any atom is 0.252 e. The van der Waals surface area contributed by atoms with Gasteiger partial charge in [0, 0.05) is 36.4 Å². The predicted octanol–water partition coefficient (Wildman–Crippen LogP) is 2.65. The number of benzene rings is 1. The van der Waals surface area contributed by atoms with Gasteiger partial charge in [-0.2, -0.15) is 0 Å². The number of carbonyl (C=O) groups excluding carboxylic acids is 2. The number of fused-ring (bicyclic) bond motifs is 1. The first kappa shape index (κ1) is 17.1. The quantitative estimate of drug-likeness (QED) is 0.776. The zero-order chi connectivity index (χ0) is 18.6. The Balaban J connectivity index is 1.63. The van der Waals surface area contributed by atoms with Gasteiger partial charge in [-0.05, 0) is 37.1 Å². The van der Waals surface area contributed by atoms with Crippen molar-refractivity contribution < 1.29 is 9.59 Å². The van der Waals surface area contributed by atoms with Crippen molar-refractivity contribution in [1.29, 1.82) is 0 Å². The molecule has 136 valence electrons. The first-order chi connectivity index (χ1) is 13.2. The highest BCUT2D eigenvalue weighted by atomic mass is 16.2. The number of para-hydroxylation sites is 1. The Morgan fingerprint density at radius 3 is 2.67 bits per heavy atom. The highest BCUT2D eigenvalue weighted by molar-refractivity contribution is 6.08. The number of hydrogen-bond donors (Lipinski definition) is 1. The number of carbonyl (C=O) groups is 2. The van der Waals surface area contributed by atoms with Gasteiger partial charge in [-0.25, -0.2) is 4.98 Å². The Morgan fingerprint density at radius 1 is 1.07 bits per heavy atom. The molecule has 0 radical (unpaired) electrons. The molecule has 6 heteroatoms. The molecule has 1 saturated heterocycles. The van der Waals surface area contributed by atoms with Crippen LogP contribution in [0.15, 0.2) is 54.9 Å². The molecule has 0 saturated carbocycles. The molecule has 0 atom stereocenters. The minimum atomic E-state index is -0.272. The smallest absolute Gasteiger partial charge is 0.252 e. The summed E-state index contributed by atoms with van der Waals surface area (Å²) in [5.74, 6) is -0.307. The SMILES string of the molecule is O=C(NCC(=O)N1CCCC1)c1cc(-c2cccnc2)nc2ccccc12. The second kappa shape index (κ2) is 7.53. The van der Waals surface area contributed by atoms with E-state index in [0.717, 1.165) is 42.4 Å². The van der Waals surface area contributed by atoms with Gasteiger partial charge in [0.25, 0.3) is 5.91 Å². The number of aromatic nitrogens is 2. The molecule has 2 aromatic heterocycles. The molecule has 2 amide bonds. The molecule has 6 nitrogen and oxygen atoms in total. The van der Waals surface area contributed by atoms with Crippen LogP contribution in [0.4, 0.5) is 0 Å². The normalized spacial score (nSPS) is 13.7. The minimum absolute atomic E-state index is 0.0116. The molecule has 0 unspecified atom stereocenters. The molecule has 1 N–H and O–H groups in total. The van der Waals surface area contributed by atoms with E-state index in [4.69, 9.17) is 0 Å². The molecule has 4 rings (SSSR count). The number of rotatable bonds is 4. The zero-order valence-electron chi connectivity index (χ0n) is 14.9. The molecule has 1 aliphatic heterocycles. The van der Waals surface area contributed by atoms with Crippen LogP contribution in [-0.4, -0.2) is 46.3 Å². The van der Waals surface area contributed by atoms with Crippen LogP contribution in [0.2, 0.25) is 0 Å². The van der Waals surface area contributed by atoms with Crippen molar-refractivity contribution >= 4 is 22.7 Å². The van der Waals surface area contributed by atoms with Crippen LogP contribution in [-0.2, 0) is 4.79 Å². The van der Waals surface area contributed by atoms with Gasteiger partial charge in [0.2, 0.25) is 5.91 Å². The lowest BCUT2D eigenvalue weighted by atomic mass is 10.0. The summed E-state index contributed by atoms with van der Waals surface area (Å²) in [5, 5.41) is 3.53. The fourth-order valence-corrected chi connectivity index (χ4v) is 3.35. The topological polar surface area (TPSA) is 75.2 Å². The zero-order valence-corrected chi connectivity index (χ0v) is 14.9. The van der Waals surface area contributed by atoms with E-state index in [9.17, 15) is 9.59 Å². The Hall–Kier alpha value is -3.28. The van der Waals surface area contributed by atoms with E-state index in [-0.39, 0.29) is 18.4 Å². The highest BCUT2D eigenvalue weighted by Crippen LogP contribution is 2.24. The molecule has 1 aliphatic rings. The lowest BCUT2D eigenvalue weighted by Gasteiger charge is -2.16. The standard InChI is InChI=1S/C21H20N4O2/c26-20(25-10-3-4-11-25)14-23-21(27)17-12-19(15-6-5-9-22-13-15)24-18-8-2-1-7-16(17)18/h1-2,5-9,12-13H,3-4,10-11,14H2,(H,23,27). The number of hydrogen-bond acceptors (Lipinski definition) is 4. The second-order valence-corrected chi connectivity index (χ2v) is 6.58. The molecule has 1 aromatic carbocycles. The van der Waals surface area contributed by atoms with Crippen molar-refractivity contribution in [1.82, 2.24) is 20.2 Å². The monoisotopic (exact) mass is 360 g/mol. The fourth-order valence-electron chi connectivity index (χ4n) is 3.35. The van der Waals surface area contributed by atoms with Gasteiger partial charge in [-0.15, -0.1) is 0 Å². The number of nitrogens with one attached hydrogen (secondary N) is 1. The van der Waals surface area contributed by atoms with Crippen molar-refractivity contribution in [3.63, 3.8) is 0 Å². The third-order valence-corrected chi connectivity index (χ3v) is 4.78. The van der Waals surface area contributed by atoms with Crippen LogP contribution in [0.1, 0.15) is 23.2 Å². The van der Waals surface area contributed by atoms with Gasteiger partial charge in [0.05, 0.1) is 23.3 Å². The van der Waals surface area contributed by atoms with E-state index in [0.29, 0.717) is 11.3 Å². The Bertz CT molecular complexity index is 982. The number of amides is 2. The summed E-state index contributed by atoms with van der Waals surface area (Å²) in [6, 6.07) is 13.0. The van der Waals surface area contributed by atoms with Crippen molar-refractivity contribution in [2.24, 2.45) is 0 Å². The summed E-state index contributed by atoms with van der Waals surface area (Å²) in [4.78, 5) is 35.6. The minimum Gasteiger partial charge on any atom is -0.343 e. The molecule has 0 bridgehead atoms. The van der Waals surface area contributed by atoms with Crippen LogP contribution >= 0.6 is 0 Å². The highest BCUT2D eigenvalue weighted by Gasteiger charge is 2.19. The lowest BCUT2D eigenvalue weighted by molar-refractivity contribution is -0.129. The molecule has 27 heavy (non-hydrogen) atoms. The third kappa shape index (κ3) is 3.65. The van der Waals surface area contributed by atoms with Crippen LogP contribution in [0.3, 0.4) is 0 Å². The number of likely N-dealkylation sites (tertiary alicyclic amines) is 1. The van der Waals surface area contributed by atoms with E-state index in [1.165, 1.54) is 0 Å². The maximum atomic E-state index is 12.8. The molecule has 0 aliphatic carbocycles. The Kier molecular flexibility index (Phi) is 4.78. The van der Waals surface area contributed by atoms with E-state index >= 15 is 0 Å². The van der Waals surface area contributed by atoms with Crippen molar-refractivity contribution in [3.8, 4) is 11.3 Å². The van der Waals surface area contributed by atoms with Gasteiger partial charge in [0.1, 0.15) is 0 Å². The van der Waals surface area contributed by atoms with Gasteiger partial charge in [-0.3, -0.25) is 14.6 Å². The summed E-state index contributed by atoms with van der Waals surface area (Å²) in [6.07, 6.45) is 5.48. The first-order valence-electron chi connectivity index (χ1n) is 9.08. The number of nitrogens with zero attached hydrogens (tertiary/aromatic N) is 3. The molecular weight excluding hydrogens is 340 g/mol. The van der Waals surface area contributed by atoms with Crippen LogP contribution in [0.25, 0.3) is 22.2 Å². The van der Waals surface area contributed by atoms with Crippen LogP contribution < -0.4 is 5.32 Å². The van der Waals surface area contributed by atoms with E-state index in [1.54, 1.807) is 23.4 Å². The van der Waals surface area contributed by atoms with Crippen molar-refractivity contribution in [3.05, 3.63) is 60.4 Å². The first-order valence-corrected chi connectivity index (χ1v) is 9.08. The molecule has 3 heterocycles. The van der Waals surface area contributed by atoms with Crippen LogP contribution in [0, 0.1) is 0 Å². The summed E-state index contributed by atoms with van der Waals surface area (Å²) < 4.78 is 0. The maximum absolute atomic E-state index is 12.8. The molecule has 1 fully saturated rings. The summed E-state index contributed by atoms with van der Waals surface area (Å²) in [7, 11) is 0. The van der Waals surface area contributed by atoms with Crippen LogP contribution in [0.5, 0.6) is 0 Å². The number of pyridine rings is 2. The van der Waals surface area contributed by atoms with Gasteiger partial charge >= 0.3 is 0 Å². The third-order valence-electron chi connectivity index (χ3n) is 4.78. The van der Waals surface area contributed by atoms with Gasteiger partial charge < -0.3 is 10.2 Å². The predicted molar refractivity (Wildman–Crippen MR) is 103 cm³/mol. The van der Waals surface area contributed by atoms with E-state index in [1.807, 2.05) is 36.4 Å². The largest absolute Gasteiger partial charge is 0.343 e. The molecule has 3 aromatic rings. The molecular formula is C21H20N4O2. The van der Waals surface area contributed by atoms with E-state index in [2.05, 4.69) is 15.3 Å². The van der Waals surface area contributed by atoms with Crippen molar-refractivity contribution in [2.45, 2.75) is 12.8 Å². The molecule has 0 spiro atoms. The van der Waals surface area contributed by atoms with E-state index < -0.39 is 0 Å². The Morgan fingerprint density at radius 2 is 1.89 bits per heavy atom. The lowest BCUT2D eigenvalue weighted by Crippen LogP contribution is -2.38. The fraction of sp³-hybridized carbons (Fsp3) is 0.238. The van der Waals surface area contributed by atoms with Crippen molar-refractivity contribution in [2.75, 3.05) is 19.6 Å². The summed E-state index contributed by atoms with van der Waals surface area (Å²) in [5.41, 5.74) is 2.76. The summed E-state index contributed by atoms with van der Waals surface area (Å²) >= 11 is 0. The van der Waals surface area contributed by atoms with Gasteiger partial charge in [-0.1, -0.05) is 18.2 Å². The average Bonchev–Trinajstić information content (AvgIpc) is 3.26. The second-order valence-electron chi connectivity index (χ2n) is 6.58. The Labute approximate surface area is 157 Å². The average molecular weight is 360 g/mol. The summed E-state index contributed by atoms with van der Waals surface area (Å²) in [6.45, 7) is 1.56.